The molecule has 1 atom stereocenters. The van der Waals surface area contributed by atoms with Crippen LogP contribution in [0.5, 0.6) is 11.5 Å². The molecule has 0 aliphatic rings. The van der Waals surface area contributed by atoms with E-state index in [4.69, 9.17) is 9.47 Å². The van der Waals surface area contributed by atoms with Crippen molar-refractivity contribution in [3.8, 4) is 11.5 Å². The van der Waals surface area contributed by atoms with Crippen molar-refractivity contribution in [2.24, 2.45) is 0 Å². The van der Waals surface area contributed by atoms with Gasteiger partial charge in [0.15, 0.2) is 0 Å². The minimum atomic E-state index is -1.61. The molecule has 0 spiro atoms. The van der Waals surface area contributed by atoms with Gasteiger partial charge in [0, 0.05) is 37.0 Å². The lowest BCUT2D eigenvalue weighted by Gasteiger charge is -2.17. The zero-order valence-electron chi connectivity index (χ0n) is 18.1. The highest BCUT2D eigenvalue weighted by Gasteiger charge is 2.25. The summed E-state index contributed by atoms with van der Waals surface area (Å²) in [5.74, 6) is 1.45. The average Bonchev–Trinajstić information content (AvgIpc) is 3.13. The van der Waals surface area contributed by atoms with Crippen LogP contribution in [0.15, 0.2) is 29.6 Å². The van der Waals surface area contributed by atoms with E-state index in [2.05, 4.69) is 9.97 Å². The van der Waals surface area contributed by atoms with Crippen molar-refractivity contribution in [1.29, 1.82) is 0 Å². The summed E-state index contributed by atoms with van der Waals surface area (Å²) in [5.41, 5.74) is 3.50. The second kappa shape index (κ2) is 8.83. The largest absolute Gasteiger partial charge is 0.497 e. The molecule has 1 amide bonds. The van der Waals surface area contributed by atoms with Crippen LogP contribution < -0.4 is 9.47 Å². The Morgan fingerprint density at radius 3 is 2.60 bits per heavy atom. The van der Waals surface area contributed by atoms with Gasteiger partial charge >= 0.3 is 6.03 Å². The maximum Gasteiger partial charge on any atom is 0.330 e. The highest BCUT2D eigenvalue weighted by atomic mass is 32.2. The van der Waals surface area contributed by atoms with E-state index in [0.717, 1.165) is 16.9 Å². The van der Waals surface area contributed by atoms with Crippen molar-refractivity contribution in [3.63, 3.8) is 0 Å². The Labute approximate surface area is 178 Å². The Morgan fingerprint density at radius 1 is 1.23 bits per heavy atom. The van der Waals surface area contributed by atoms with Gasteiger partial charge in [0.1, 0.15) is 11.5 Å². The van der Waals surface area contributed by atoms with Gasteiger partial charge in [-0.1, -0.05) is 0 Å². The second-order valence-corrected chi connectivity index (χ2v) is 8.26. The van der Waals surface area contributed by atoms with Gasteiger partial charge in [-0.3, -0.25) is 9.19 Å². The summed E-state index contributed by atoms with van der Waals surface area (Å²) in [6.45, 7) is 6.18. The number of benzene rings is 1. The van der Waals surface area contributed by atoms with E-state index in [1.54, 1.807) is 50.6 Å². The summed E-state index contributed by atoms with van der Waals surface area (Å²) >= 11 is 0. The van der Waals surface area contributed by atoms with E-state index < -0.39 is 10.8 Å². The van der Waals surface area contributed by atoms with Gasteiger partial charge in [-0.15, -0.1) is 0 Å². The minimum Gasteiger partial charge on any atom is -0.497 e. The van der Waals surface area contributed by atoms with Crippen LogP contribution in [-0.2, 0) is 16.6 Å². The quantitative estimate of drug-likeness (QED) is 0.596. The Hall–Kier alpha value is -2.94. The van der Waals surface area contributed by atoms with Crippen LogP contribution >= 0.6 is 0 Å². The molecular weight excluding hydrogens is 404 g/mol. The van der Waals surface area contributed by atoms with Gasteiger partial charge in [-0.2, -0.15) is 0 Å². The monoisotopic (exact) mass is 430 g/mol. The van der Waals surface area contributed by atoms with E-state index in [9.17, 15) is 9.00 Å². The molecule has 30 heavy (non-hydrogen) atoms. The van der Waals surface area contributed by atoms with Crippen LogP contribution in [0, 0.1) is 13.8 Å². The van der Waals surface area contributed by atoms with Crippen molar-refractivity contribution in [3.05, 3.63) is 41.2 Å². The second-order valence-electron chi connectivity index (χ2n) is 6.92. The molecule has 0 fully saturated rings. The zero-order chi connectivity index (χ0) is 22.0. The first-order valence-electron chi connectivity index (χ1n) is 9.51. The predicted octanol–water partition coefficient (Wildman–Crippen LogP) is 3.29. The normalized spacial score (nSPS) is 12.1. The molecule has 3 aromatic rings. The van der Waals surface area contributed by atoms with Crippen molar-refractivity contribution in [2.45, 2.75) is 31.7 Å². The Morgan fingerprint density at radius 2 is 1.97 bits per heavy atom. The third-order valence-corrected chi connectivity index (χ3v) is 6.26. The summed E-state index contributed by atoms with van der Waals surface area (Å²) in [4.78, 5) is 23.5. The smallest absolute Gasteiger partial charge is 0.330 e. The number of hydrogen-bond acceptors (Lipinski definition) is 6. The summed E-state index contributed by atoms with van der Waals surface area (Å²) in [6.07, 6.45) is 1.70. The van der Waals surface area contributed by atoms with Crippen molar-refractivity contribution in [1.82, 2.24) is 19.4 Å². The fourth-order valence-electron chi connectivity index (χ4n) is 3.21. The molecule has 2 aromatic heterocycles. The molecule has 0 N–H and O–H groups in total. The molecule has 0 saturated heterocycles. The third-order valence-electron chi connectivity index (χ3n) is 5.04. The lowest BCUT2D eigenvalue weighted by atomic mass is 10.1. The van der Waals surface area contributed by atoms with Gasteiger partial charge in [-0.05, 0) is 32.9 Å². The number of pyridine rings is 1. The molecule has 1 aromatic carbocycles. The Bertz CT molecular complexity index is 1130. The van der Waals surface area contributed by atoms with Crippen LogP contribution in [0.3, 0.4) is 0 Å². The van der Waals surface area contributed by atoms with E-state index >= 15 is 0 Å². The number of fused-ring (bicyclic) bond motifs is 1. The molecule has 0 aliphatic heterocycles. The first-order valence-corrected chi connectivity index (χ1v) is 10.8. The summed E-state index contributed by atoms with van der Waals surface area (Å²) in [7, 11) is 3.25. The van der Waals surface area contributed by atoms with Gasteiger partial charge in [0.2, 0.25) is 5.16 Å². The number of nitrogens with zero attached hydrogens (tertiary/aromatic N) is 4. The van der Waals surface area contributed by atoms with Crippen LogP contribution in [0.4, 0.5) is 4.79 Å². The lowest BCUT2D eigenvalue weighted by Crippen LogP contribution is -2.32. The van der Waals surface area contributed by atoms with E-state index in [1.807, 2.05) is 20.8 Å². The first-order chi connectivity index (χ1) is 14.3. The molecule has 3 rings (SSSR count). The maximum atomic E-state index is 13.4. The maximum absolute atomic E-state index is 13.4. The predicted molar refractivity (Wildman–Crippen MR) is 116 cm³/mol. The topological polar surface area (TPSA) is 86.6 Å². The molecule has 160 valence electrons. The summed E-state index contributed by atoms with van der Waals surface area (Å²) < 4.78 is 25.5. The van der Waals surface area contributed by atoms with Crippen molar-refractivity contribution >= 4 is 27.9 Å². The number of aromatic nitrogens is 3. The molecule has 0 bridgehead atoms. The minimum absolute atomic E-state index is 0.117. The van der Waals surface area contributed by atoms with E-state index in [1.165, 1.54) is 4.57 Å². The van der Waals surface area contributed by atoms with Crippen LogP contribution in [0.2, 0.25) is 0 Å². The highest BCUT2D eigenvalue weighted by Crippen LogP contribution is 2.28. The average molecular weight is 431 g/mol. The van der Waals surface area contributed by atoms with Gasteiger partial charge in [0.25, 0.3) is 0 Å². The zero-order valence-corrected chi connectivity index (χ0v) is 18.9. The van der Waals surface area contributed by atoms with Crippen LogP contribution in [-0.4, -0.2) is 57.5 Å². The van der Waals surface area contributed by atoms with Gasteiger partial charge in [-0.25, -0.2) is 14.3 Å². The van der Waals surface area contributed by atoms with Crippen molar-refractivity contribution < 1.29 is 18.5 Å². The number of carbonyl (C=O) groups excluding carboxylic acids is 1. The molecule has 1 unspecified atom stereocenters. The number of amides is 1. The van der Waals surface area contributed by atoms with Crippen molar-refractivity contribution in [2.75, 3.05) is 27.8 Å². The molecule has 0 radical (unpaired) electrons. The fourth-order valence-corrected chi connectivity index (χ4v) is 4.46. The fraction of sp³-hybridized carbons (Fsp3) is 0.381. The molecular formula is C21H26N4O4S. The standard InChI is InChI=1S/C21H26N4O4S/c1-7-24(4)21(26)25-18-9-8-15(28-5)10-16(18)23-20(25)30(27)12-17-14(3)19(29-6)13(2)11-22-17/h8-11H,7,12H2,1-6H3. The molecule has 0 saturated carbocycles. The molecule has 2 heterocycles. The molecule has 8 nitrogen and oxygen atoms in total. The lowest BCUT2D eigenvalue weighted by molar-refractivity contribution is 0.211. The third kappa shape index (κ3) is 3.89. The van der Waals surface area contributed by atoms with Crippen LogP contribution in [0.25, 0.3) is 11.0 Å². The Kier molecular flexibility index (Phi) is 6.40. The number of rotatable bonds is 6. The summed E-state index contributed by atoms with van der Waals surface area (Å²) in [6, 6.07) is 4.94. The van der Waals surface area contributed by atoms with Gasteiger partial charge in [0.05, 0.1) is 47.5 Å². The number of hydrogen-bond donors (Lipinski definition) is 0. The number of aryl methyl sites for hydroxylation is 1. The SMILES string of the molecule is CCN(C)C(=O)n1c(S(=O)Cc2ncc(C)c(OC)c2C)nc2cc(OC)ccc21. The molecule has 9 heteroatoms. The van der Waals surface area contributed by atoms with Crippen LogP contribution in [0.1, 0.15) is 23.7 Å². The first kappa shape index (κ1) is 21.8. The highest BCUT2D eigenvalue weighted by molar-refractivity contribution is 7.84. The molecule has 0 aliphatic carbocycles. The number of carbonyl (C=O) groups is 1. The van der Waals surface area contributed by atoms with E-state index in [-0.39, 0.29) is 16.9 Å². The summed E-state index contributed by atoms with van der Waals surface area (Å²) in [5, 5.41) is 0.185. The van der Waals surface area contributed by atoms with Gasteiger partial charge < -0.3 is 14.4 Å². The Balaban J connectivity index is 2.10. The number of methoxy groups -OCH3 is 2. The number of imidazole rings is 1. The van der Waals surface area contributed by atoms with E-state index in [0.29, 0.717) is 29.0 Å². The number of ether oxygens (including phenoxy) is 2.